The quantitative estimate of drug-likeness (QED) is 0.829. The van der Waals surface area contributed by atoms with Crippen molar-refractivity contribution in [2.24, 2.45) is 5.92 Å². The number of hydrogen-bond donors (Lipinski definition) is 2. The summed E-state index contributed by atoms with van der Waals surface area (Å²) in [6.45, 7) is 5.48. The van der Waals surface area contributed by atoms with E-state index in [0.29, 0.717) is 18.1 Å². The zero-order valence-corrected chi connectivity index (χ0v) is 15.4. The first kappa shape index (κ1) is 18.4. The lowest BCUT2D eigenvalue weighted by atomic mass is 9.97. The highest BCUT2D eigenvalue weighted by Crippen LogP contribution is 2.25. The molecular formula is C22H27N3O. The molecule has 2 aromatic carbocycles. The number of aliphatic hydroxyl groups is 1. The maximum absolute atomic E-state index is 9.31. The third-order valence-electron chi connectivity index (χ3n) is 5.29. The van der Waals surface area contributed by atoms with Gasteiger partial charge in [0.15, 0.2) is 0 Å². The molecule has 0 amide bonds. The Labute approximate surface area is 156 Å². The molecule has 3 rings (SSSR count). The van der Waals surface area contributed by atoms with Crippen molar-refractivity contribution in [3.8, 4) is 6.07 Å². The van der Waals surface area contributed by atoms with Gasteiger partial charge in [0.2, 0.25) is 0 Å². The Bertz CT molecular complexity index is 743. The molecule has 0 aromatic heterocycles. The van der Waals surface area contributed by atoms with Crippen LogP contribution < -0.4 is 5.32 Å². The molecule has 0 spiro atoms. The average molecular weight is 349 g/mol. The molecule has 1 aliphatic rings. The predicted molar refractivity (Wildman–Crippen MR) is 105 cm³/mol. The van der Waals surface area contributed by atoms with E-state index in [0.717, 1.165) is 38.2 Å². The van der Waals surface area contributed by atoms with Crippen LogP contribution in [0.25, 0.3) is 0 Å². The van der Waals surface area contributed by atoms with E-state index in [1.807, 2.05) is 24.3 Å². The van der Waals surface area contributed by atoms with Gasteiger partial charge in [-0.2, -0.15) is 5.26 Å². The van der Waals surface area contributed by atoms with Crippen LogP contribution in [-0.4, -0.2) is 29.7 Å². The smallest absolute Gasteiger partial charge is 0.0991 e. The molecule has 4 heteroatoms. The first-order chi connectivity index (χ1) is 12.7. The van der Waals surface area contributed by atoms with Gasteiger partial charge < -0.3 is 10.4 Å². The van der Waals surface area contributed by atoms with Crippen LogP contribution in [-0.2, 0) is 6.54 Å². The summed E-state index contributed by atoms with van der Waals surface area (Å²) >= 11 is 0. The summed E-state index contributed by atoms with van der Waals surface area (Å²) in [6, 6.07) is 18.6. The Balaban J connectivity index is 1.66. The maximum atomic E-state index is 9.31. The van der Waals surface area contributed by atoms with Crippen LogP contribution >= 0.6 is 0 Å². The lowest BCUT2D eigenvalue weighted by molar-refractivity contribution is 0.127. The van der Waals surface area contributed by atoms with Gasteiger partial charge in [-0.25, -0.2) is 0 Å². The number of para-hydroxylation sites is 1. The summed E-state index contributed by atoms with van der Waals surface area (Å²) < 4.78 is 0. The fraction of sp³-hybridized carbons (Fsp3) is 0.409. The number of hydrogen-bond acceptors (Lipinski definition) is 4. The van der Waals surface area contributed by atoms with Crippen molar-refractivity contribution in [2.75, 3.05) is 25.0 Å². The summed E-state index contributed by atoms with van der Waals surface area (Å²) in [5.74, 6) is 0.469. The number of likely N-dealkylation sites (tertiary alicyclic amines) is 1. The van der Waals surface area contributed by atoms with E-state index in [1.165, 1.54) is 11.1 Å². The summed E-state index contributed by atoms with van der Waals surface area (Å²) in [5.41, 5.74) is 4.32. The summed E-state index contributed by atoms with van der Waals surface area (Å²) in [7, 11) is 0. The maximum Gasteiger partial charge on any atom is 0.0991 e. The Morgan fingerprint density at radius 1 is 1.15 bits per heavy atom. The number of piperidine rings is 1. The normalized spacial score (nSPS) is 16.8. The van der Waals surface area contributed by atoms with Gasteiger partial charge in [-0.3, -0.25) is 4.90 Å². The molecular weight excluding hydrogens is 322 g/mol. The van der Waals surface area contributed by atoms with Gasteiger partial charge in [0.1, 0.15) is 0 Å². The Kier molecular flexibility index (Phi) is 6.27. The fourth-order valence-electron chi connectivity index (χ4n) is 3.53. The molecule has 2 N–H and O–H groups in total. The third-order valence-corrected chi connectivity index (χ3v) is 5.29. The second-order valence-electron chi connectivity index (χ2n) is 7.16. The minimum absolute atomic E-state index is 0.170. The number of nitriles is 1. The molecule has 4 nitrogen and oxygen atoms in total. The molecule has 136 valence electrons. The molecule has 1 saturated heterocycles. The third kappa shape index (κ3) is 4.63. The number of rotatable bonds is 6. The molecule has 2 aromatic rings. The Hall–Kier alpha value is -2.35. The lowest BCUT2D eigenvalue weighted by Gasteiger charge is -2.31. The van der Waals surface area contributed by atoms with Crippen molar-refractivity contribution in [2.45, 2.75) is 32.4 Å². The van der Waals surface area contributed by atoms with E-state index in [2.05, 4.69) is 47.5 Å². The van der Waals surface area contributed by atoms with Gasteiger partial charge in [-0.05, 0) is 68.1 Å². The number of aliphatic hydroxyl groups excluding tert-OH is 1. The van der Waals surface area contributed by atoms with Crippen molar-refractivity contribution in [1.82, 2.24) is 4.90 Å². The van der Waals surface area contributed by atoms with Gasteiger partial charge in [-0.1, -0.05) is 30.3 Å². The highest BCUT2D eigenvalue weighted by molar-refractivity contribution is 5.52. The van der Waals surface area contributed by atoms with Crippen LogP contribution in [0, 0.1) is 17.2 Å². The van der Waals surface area contributed by atoms with Crippen molar-refractivity contribution in [3.05, 3.63) is 65.2 Å². The molecule has 1 aliphatic heterocycles. The van der Waals surface area contributed by atoms with E-state index < -0.39 is 0 Å². The Morgan fingerprint density at radius 2 is 1.85 bits per heavy atom. The topological polar surface area (TPSA) is 59.3 Å². The van der Waals surface area contributed by atoms with Gasteiger partial charge in [0.05, 0.1) is 11.6 Å². The number of anilines is 1. The average Bonchev–Trinajstić information content (AvgIpc) is 2.70. The van der Waals surface area contributed by atoms with E-state index in [4.69, 9.17) is 5.26 Å². The monoisotopic (exact) mass is 349 g/mol. The molecule has 0 radical (unpaired) electrons. The summed E-state index contributed by atoms with van der Waals surface area (Å²) in [6.07, 6.45) is 2.15. The largest absolute Gasteiger partial charge is 0.396 e. The number of nitrogens with zero attached hydrogens (tertiary/aromatic N) is 2. The summed E-state index contributed by atoms with van der Waals surface area (Å²) in [5, 5.41) is 21.9. The predicted octanol–water partition coefficient (Wildman–Crippen LogP) is 3.94. The molecule has 1 fully saturated rings. The van der Waals surface area contributed by atoms with Gasteiger partial charge in [-0.15, -0.1) is 0 Å². The number of nitrogens with one attached hydrogen (secondary N) is 1. The van der Waals surface area contributed by atoms with E-state index >= 15 is 0 Å². The fourth-order valence-corrected chi connectivity index (χ4v) is 3.53. The van der Waals surface area contributed by atoms with E-state index in [-0.39, 0.29) is 6.04 Å². The molecule has 0 aliphatic carbocycles. The highest BCUT2D eigenvalue weighted by Gasteiger charge is 2.19. The first-order valence-corrected chi connectivity index (χ1v) is 9.37. The van der Waals surface area contributed by atoms with E-state index in [9.17, 15) is 5.11 Å². The van der Waals surface area contributed by atoms with Crippen LogP contribution in [0.15, 0.2) is 48.5 Å². The van der Waals surface area contributed by atoms with Crippen LogP contribution in [0.4, 0.5) is 5.69 Å². The van der Waals surface area contributed by atoms with Crippen LogP contribution in [0.3, 0.4) is 0 Å². The minimum atomic E-state index is 0.170. The van der Waals surface area contributed by atoms with Crippen LogP contribution in [0.5, 0.6) is 0 Å². The second kappa shape index (κ2) is 8.84. The molecule has 0 saturated carbocycles. The second-order valence-corrected chi connectivity index (χ2v) is 7.16. The zero-order valence-electron chi connectivity index (χ0n) is 15.4. The molecule has 1 atom stereocenters. The summed E-state index contributed by atoms with van der Waals surface area (Å²) in [4.78, 5) is 2.47. The molecule has 0 bridgehead atoms. The minimum Gasteiger partial charge on any atom is -0.396 e. The zero-order chi connectivity index (χ0) is 18.4. The van der Waals surface area contributed by atoms with Gasteiger partial charge in [0.25, 0.3) is 0 Å². The Morgan fingerprint density at radius 3 is 2.50 bits per heavy atom. The first-order valence-electron chi connectivity index (χ1n) is 9.37. The van der Waals surface area contributed by atoms with E-state index in [1.54, 1.807) is 0 Å². The molecule has 26 heavy (non-hydrogen) atoms. The SMILES string of the molecule is CC(Nc1ccccc1CN1CCC(CO)CC1)c1ccc(C#N)cc1. The highest BCUT2D eigenvalue weighted by atomic mass is 16.3. The molecule has 1 heterocycles. The van der Waals surface area contributed by atoms with Crippen molar-refractivity contribution in [1.29, 1.82) is 5.26 Å². The van der Waals surface area contributed by atoms with Crippen molar-refractivity contribution in [3.63, 3.8) is 0 Å². The van der Waals surface area contributed by atoms with Gasteiger partial charge >= 0.3 is 0 Å². The van der Waals surface area contributed by atoms with Crippen molar-refractivity contribution < 1.29 is 5.11 Å². The van der Waals surface area contributed by atoms with Crippen LogP contribution in [0.2, 0.25) is 0 Å². The van der Waals surface area contributed by atoms with Crippen molar-refractivity contribution >= 4 is 5.69 Å². The van der Waals surface area contributed by atoms with Gasteiger partial charge in [0, 0.05) is 24.9 Å². The van der Waals surface area contributed by atoms with Crippen LogP contribution in [0.1, 0.15) is 42.5 Å². The standard InChI is InChI=1S/C22H27N3O/c1-17(20-8-6-18(14-23)7-9-20)24-22-5-3-2-4-21(22)15-25-12-10-19(16-26)11-13-25/h2-9,17,19,24,26H,10-13,15-16H2,1H3. The lowest BCUT2D eigenvalue weighted by Crippen LogP contribution is -2.34. The molecule has 1 unspecified atom stereocenters. The number of benzene rings is 2.